The number of morpholine rings is 1. The molecule has 0 aliphatic carbocycles. The molecule has 1 fully saturated rings. The summed E-state index contributed by atoms with van der Waals surface area (Å²) in [5, 5.41) is 0.139. The highest BCUT2D eigenvalue weighted by Gasteiger charge is 2.30. The van der Waals surface area contributed by atoms with Crippen molar-refractivity contribution in [3.8, 4) is 0 Å². The molecule has 0 N–H and O–H groups in total. The monoisotopic (exact) mass is 394 g/mol. The van der Waals surface area contributed by atoms with Gasteiger partial charge in [-0.25, -0.2) is 8.42 Å². The standard InChI is InChI=1S/C15H20Cl2N2O4S/c1-3-18(4-2)15(20)11-9-14(13(17)10-12(11)16)24(21,22)19-5-7-23-8-6-19/h9-10H,3-8H2,1-2H3. The van der Waals surface area contributed by atoms with Gasteiger partial charge in [0.25, 0.3) is 5.91 Å². The van der Waals surface area contributed by atoms with Gasteiger partial charge < -0.3 is 9.64 Å². The molecule has 0 atom stereocenters. The van der Waals surface area contributed by atoms with Crippen molar-refractivity contribution in [3.63, 3.8) is 0 Å². The van der Waals surface area contributed by atoms with Crippen LogP contribution in [-0.4, -0.2) is 62.9 Å². The Bertz CT molecular complexity index is 714. The average molecular weight is 395 g/mol. The fourth-order valence-electron chi connectivity index (χ4n) is 2.50. The summed E-state index contributed by atoms with van der Waals surface area (Å²) in [5.41, 5.74) is 0.136. The molecule has 0 unspecified atom stereocenters. The predicted molar refractivity (Wildman–Crippen MR) is 93.3 cm³/mol. The molecule has 134 valence electrons. The van der Waals surface area contributed by atoms with Crippen LogP contribution in [0.15, 0.2) is 17.0 Å². The van der Waals surface area contributed by atoms with E-state index in [1.165, 1.54) is 16.4 Å². The first-order chi connectivity index (χ1) is 11.3. The number of amides is 1. The van der Waals surface area contributed by atoms with E-state index in [1.54, 1.807) is 4.90 Å². The van der Waals surface area contributed by atoms with Crippen LogP contribution in [0.1, 0.15) is 24.2 Å². The van der Waals surface area contributed by atoms with E-state index in [0.29, 0.717) is 26.3 Å². The lowest BCUT2D eigenvalue weighted by Gasteiger charge is -2.27. The van der Waals surface area contributed by atoms with Crippen LogP contribution in [0.5, 0.6) is 0 Å². The highest BCUT2D eigenvalue weighted by molar-refractivity contribution is 7.89. The van der Waals surface area contributed by atoms with Crippen molar-refractivity contribution in [3.05, 3.63) is 27.7 Å². The fourth-order valence-corrected chi connectivity index (χ4v) is 4.73. The van der Waals surface area contributed by atoms with Gasteiger partial charge in [-0.2, -0.15) is 4.31 Å². The predicted octanol–water partition coefficient (Wildman–Crippen LogP) is 2.50. The van der Waals surface area contributed by atoms with Crippen molar-refractivity contribution in [2.24, 2.45) is 0 Å². The molecule has 2 rings (SSSR count). The molecule has 0 spiro atoms. The Morgan fingerprint density at radius 1 is 1.17 bits per heavy atom. The van der Waals surface area contributed by atoms with Gasteiger partial charge in [0.2, 0.25) is 10.0 Å². The number of carbonyl (C=O) groups is 1. The molecule has 1 aliphatic heterocycles. The summed E-state index contributed by atoms with van der Waals surface area (Å²) < 4.78 is 32.1. The molecule has 1 saturated heterocycles. The lowest BCUT2D eigenvalue weighted by atomic mass is 10.2. The summed E-state index contributed by atoms with van der Waals surface area (Å²) >= 11 is 12.2. The number of carbonyl (C=O) groups excluding carboxylic acids is 1. The third-order valence-corrected chi connectivity index (χ3v) is 6.57. The van der Waals surface area contributed by atoms with Gasteiger partial charge in [-0.3, -0.25) is 4.79 Å². The zero-order chi connectivity index (χ0) is 17.9. The Morgan fingerprint density at radius 3 is 2.29 bits per heavy atom. The van der Waals surface area contributed by atoms with E-state index in [-0.39, 0.29) is 39.5 Å². The van der Waals surface area contributed by atoms with E-state index in [1.807, 2.05) is 13.8 Å². The summed E-state index contributed by atoms with van der Waals surface area (Å²) in [4.78, 5) is 14.0. The third-order valence-electron chi connectivity index (χ3n) is 3.89. The number of benzene rings is 1. The number of ether oxygens (including phenoxy) is 1. The Labute approximate surface area is 152 Å². The average Bonchev–Trinajstić information content (AvgIpc) is 2.56. The van der Waals surface area contributed by atoms with Gasteiger partial charge in [0.1, 0.15) is 4.90 Å². The fraction of sp³-hybridized carbons (Fsp3) is 0.533. The van der Waals surface area contributed by atoms with E-state index < -0.39 is 10.0 Å². The van der Waals surface area contributed by atoms with Crippen molar-refractivity contribution in [2.45, 2.75) is 18.7 Å². The maximum atomic E-state index is 12.8. The molecule has 1 amide bonds. The van der Waals surface area contributed by atoms with Gasteiger partial charge in [0.05, 0.1) is 28.8 Å². The molecule has 1 heterocycles. The van der Waals surface area contributed by atoms with Crippen molar-refractivity contribution >= 4 is 39.1 Å². The van der Waals surface area contributed by atoms with Gasteiger partial charge in [-0.1, -0.05) is 23.2 Å². The Kier molecular flexibility index (Phi) is 6.50. The summed E-state index contributed by atoms with van der Waals surface area (Å²) in [6.45, 7) is 5.85. The molecule has 1 aromatic rings. The molecule has 9 heteroatoms. The van der Waals surface area contributed by atoms with Crippen LogP contribution in [0.4, 0.5) is 0 Å². The first-order valence-corrected chi connectivity index (χ1v) is 9.88. The Hall–Kier alpha value is -0.860. The van der Waals surface area contributed by atoms with Crippen molar-refractivity contribution in [1.29, 1.82) is 0 Å². The second kappa shape index (κ2) is 8.01. The zero-order valence-electron chi connectivity index (χ0n) is 13.6. The second-order valence-corrected chi connectivity index (χ2v) is 7.98. The van der Waals surface area contributed by atoms with Crippen LogP contribution >= 0.6 is 23.2 Å². The maximum absolute atomic E-state index is 12.8. The van der Waals surface area contributed by atoms with Crippen LogP contribution in [0, 0.1) is 0 Å². The van der Waals surface area contributed by atoms with Gasteiger partial charge in [-0.05, 0) is 26.0 Å². The third kappa shape index (κ3) is 3.86. The van der Waals surface area contributed by atoms with Gasteiger partial charge in [0, 0.05) is 26.2 Å². The highest BCUT2D eigenvalue weighted by Crippen LogP contribution is 2.31. The minimum atomic E-state index is -3.81. The summed E-state index contributed by atoms with van der Waals surface area (Å²) in [7, 11) is -3.81. The number of hydrogen-bond acceptors (Lipinski definition) is 4. The second-order valence-electron chi connectivity index (χ2n) is 5.26. The number of halogens is 2. The largest absolute Gasteiger partial charge is 0.379 e. The van der Waals surface area contributed by atoms with Crippen molar-refractivity contribution in [2.75, 3.05) is 39.4 Å². The maximum Gasteiger partial charge on any atom is 0.255 e. The molecule has 0 saturated carbocycles. The van der Waals surface area contributed by atoms with Crippen LogP contribution in [-0.2, 0) is 14.8 Å². The summed E-state index contributed by atoms with van der Waals surface area (Å²) in [6.07, 6.45) is 0. The van der Waals surface area contributed by atoms with E-state index in [2.05, 4.69) is 0 Å². The van der Waals surface area contributed by atoms with Crippen molar-refractivity contribution in [1.82, 2.24) is 9.21 Å². The molecular formula is C15H20Cl2N2O4S. The van der Waals surface area contributed by atoms with Gasteiger partial charge in [0.15, 0.2) is 0 Å². The lowest BCUT2D eigenvalue weighted by molar-refractivity contribution is 0.0730. The highest BCUT2D eigenvalue weighted by atomic mass is 35.5. The number of rotatable bonds is 5. The summed E-state index contributed by atoms with van der Waals surface area (Å²) in [6, 6.07) is 2.59. The number of nitrogens with zero attached hydrogens (tertiary/aromatic N) is 2. The van der Waals surface area contributed by atoms with E-state index >= 15 is 0 Å². The molecule has 1 aromatic carbocycles. The minimum Gasteiger partial charge on any atom is -0.379 e. The SMILES string of the molecule is CCN(CC)C(=O)c1cc(S(=O)(=O)N2CCOCC2)c(Cl)cc1Cl. The number of hydrogen-bond donors (Lipinski definition) is 0. The Balaban J connectivity index is 2.48. The van der Waals surface area contributed by atoms with Crippen LogP contribution in [0.25, 0.3) is 0 Å². The first kappa shape index (κ1) is 19.5. The van der Waals surface area contributed by atoms with E-state index in [0.717, 1.165) is 0 Å². The van der Waals surface area contributed by atoms with Crippen molar-refractivity contribution < 1.29 is 17.9 Å². The molecular weight excluding hydrogens is 375 g/mol. The molecule has 0 aromatic heterocycles. The minimum absolute atomic E-state index is 0.00240. The molecule has 0 radical (unpaired) electrons. The number of sulfonamides is 1. The molecule has 24 heavy (non-hydrogen) atoms. The molecule has 1 aliphatic rings. The quantitative estimate of drug-likeness (QED) is 0.769. The van der Waals surface area contributed by atoms with E-state index in [9.17, 15) is 13.2 Å². The zero-order valence-corrected chi connectivity index (χ0v) is 15.9. The topological polar surface area (TPSA) is 66.9 Å². The smallest absolute Gasteiger partial charge is 0.255 e. The van der Waals surface area contributed by atoms with Crippen LogP contribution in [0.3, 0.4) is 0 Å². The summed E-state index contributed by atoms with van der Waals surface area (Å²) in [5.74, 6) is -0.319. The molecule has 6 nitrogen and oxygen atoms in total. The van der Waals surface area contributed by atoms with Crippen LogP contribution < -0.4 is 0 Å². The van der Waals surface area contributed by atoms with Gasteiger partial charge >= 0.3 is 0 Å². The lowest BCUT2D eigenvalue weighted by Crippen LogP contribution is -2.40. The van der Waals surface area contributed by atoms with Crippen LogP contribution in [0.2, 0.25) is 10.0 Å². The first-order valence-electron chi connectivity index (χ1n) is 7.69. The Morgan fingerprint density at radius 2 is 1.75 bits per heavy atom. The van der Waals surface area contributed by atoms with Gasteiger partial charge in [-0.15, -0.1) is 0 Å². The van der Waals surface area contributed by atoms with E-state index in [4.69, 9.17) is 27.9 Å². The normalized spacial score (nSPS) is 16.2. The molecule has 0 bridgehead atoms.